The third-order valence-corrected chi connectivity index (χ3v) is 4.15. The average molecular weight is 260 g/mol. The predicted octanol–water partition coefficient (Wildman–Crippen LogP) is 2.12. The summed E-state index contributed by atoms with van der Waals surface area (Å²) in [6.07, 6.45) is 2.76. The number of nitrogens with zero attached hydrogens (tertiary/aromatic N) is 1. The summed E-state index contributed by atoms with van der Waals surface area (Å²) in [6, 6.07) is 8.41. The smallest absolute Gasteiger partial charge is 0.227 e. The third kappa shape index (κ3) is 3.35. The molecule has 1 aliphatic heterocycles. The van der Waals surface area contributed by atoms with Crippen LogP contribution in [0.3, 0.4) is 0 Å². The molecule has 1 heterocycles. The first-order valence-electron chi connectivity index (χ1n) is 7.17. The minimum absolute atomic E-state index is 0.214. The van der Waals surface area contributed by atoms with Crippen LogP contribution in [0.1, 0.15) is 30.9 Å². The Bertz CT molecular complexity index is 427. The summed E-state index contributed by atoms with van der Waals surface area (Å²) in [6.45, 7) is 5.68. The minimum atomic E-state index is 0.214. The lowest BCUT2D eigenvalue weighted by atomic mass is 9.90. The number of hydrogen-bond donors (Lipinski definition) is 1. The number of piperidine rings is 1. The lowest BCUT2D eigenvalue weighted by Crippen LogP contribution is -2.51. The Labute approximate surface area is 115 Å². The monoisotopic (exact) mass is 260 g/mol. The van der Waals surface area contributed by atoms with E-state index in [0.717, 1.165) is 18.5 Å². The second kappa shape index (κ2) is 6.20. The van der Waals surface area contributed by atoms with Crippen LogP contribution in [0.25, 0.3) is 0 Å². The first-order chi connectivity index (χ1) is 9.11. The summed E-state index contributed by atoms with van der Waals surface area (Å²) < 4.78 is 0. The molecule has 0 radical (unpaired) electrons. The van der Waals surface area contributed by atoms with E-state index in [1.807, 2.05) is 17.0 Å². The van der Waals surface area contributed by atoms with Crippen LogP contribution in [0.2, 0.25) is 0 Å². The molecule has 1 fully saturated rings. The Morgan fingerprint density at radius 3 is 2.68 bits per heavy atom. The first kappa shape index (κ1) is 14.1. The van der Waals surface area contributed by atoms with Gasteiger partial charge in [0.2, 0.25) is 5.91 Å². The SMILES string of the molecule is Cc1ccc(CC(=O)N2CCCC(C)C2CN)cc1. The van der Waals surface area contributed by atoms with E-state index in [4.69, 9.17) is 5.73 Å². The van der Waals surface area contributed by atoms with Crippen molar-refractivity contribution in [2.45, 2.75) is 39.2 Å². The molecule has 2 N–H and O–H groups in total. The van der Waals surface area contributed by atoms with Crippen LogP contribution in [0, 0.1) is 12.8 Å². The van der Waals surface area contributed by atoms with E-state index in [0.29, 0.717) is 18.9 Å². The van der Waals surface area contributed by atoms with Crippen molar-refractivity contribution in [2.75, 3.05) is 13.1 Å². The van der Waals surface area contributed by atoms with E-state index in [1.54, 1.807) is 0 Å². The van der Waals surface area contributed by atoms with Crippen molar-refractivity contribution in [2.24, 2.45) is 11.7 Å². The maximum Gasteiger partial charge on any atom is 0.227 e. The highest BCUT2D eigenvalue weighted by Gasteiger charge is 2.30. The molecule has 2 unspecified atom stereocenters. The van der Waals surface area contributed by atoms with Gasteiger partial charge in [-0.3, -0.25) is 4.79 Å². The molecule has 0 saturated carbocycles. The number of aryl methyl sites for hydroxylation is 1. The van der Waals surface area contributed by atoms with Gasteiger partial charge in [-0.2, -0.15) is 0 Å². The molecule has 2 rings (SSSR count). The van der Waals surface area contributed by atoms with Crippen LogP contribution >= 0.6 is 0 Å². The first-order valence-corrected chi connectivity index (χ1v) is 7.17. The molecule has 1 aromatic rings. The molecule has 0 bridgehead atoms. The number of likely N-dealkylation sites (tertiary alicyclic amines) is 1. The topological polar surface area (TPSA) is 46.3 Å². The predicted molar refractivity (Wildman–Crippen MR) is 77.8 cm³/mol. The molecule has 0 spiro atoms. The molecule has 0 aromatic heterocycles. The van der Waals surface area contributed by atoms with Gasteiger partial charge in [0.15, 0.2) is 0 Å². The maximum absolute atomic E-state index is 12.4. The van der Waals surface area contributed by atoms with Crippen LogP contribution in [0.5, 0.6) is 0 Å². The quantitative estimate of drug-likeness (QED) is 0.905. The molecule has 3 heteroatoms. The molecule has 1 aromatic carbocycles. The number of carbonyl (C=O) groups excluding carboxylic acids is 1. The van der Waals surface area contributed by atoms with Gasteiger partial charge in [-0.1, -0.05) is 36.8 Å². The van der Waals surface area contributed by atoms with E-state index < -0.39 is 0 Å². The molecule has 0 aliphatic carbocycles. The van der Waals surface area contributed by atoms with Crippen molar-refractivity contribution in [3.8, 4) is 0 Å². The van der Waals surface area contributed by atoms with Gasteiger partial charge in [0.05, 0.1) is 6.42 Å². The fourth-order valence-corrected chi connectivity index (χ4v) is 2.90. The van der Waals surface area contributed by atoms with E-state index >= 15 is 0 Å². The number of amides is 1. The van der Waals surface area contributed by atoms with Crippen LogP contribution in [0.4, 0.5) is 0 Å². The molecular formula is C16H24N2O. The molecule has 2 atom stereocenters. The lowest BCUT2D eigenvalue weighted by molar-refractivity contribution is -0.135. The Morgan fingerprint density at radius 2 is 2.05 bits per heavy atom. The highest BCUT2D eigenvalue weighted by Crippen LogP contribution is 2.23. The number of benzene rings is 1. The second-order valence-corrected chi connectivity index (χ2v) is 5.67. The van der Waals surface area contributed by atoms with Crippen LogP contribution in [-0.2, 0) is 11.2 Å². The summed E-state index contributed by atoms with van der Waals surface area (Å²) in [5.74, 6) is 0.728. The Morgan fingerprint density at radius 1 is 1.37 bits per heavy atom. The van der Waals surface area contributed by atoms with Gasteiger partial charge in [-0.15, -0.1) is 0 Å². The van der Waals surface area contributed by atoms with Crippen molar-refractivity contribution < 1.29 is 4.79 Å². The normalized spacial score (nSPS) is 23.4. The van der Waals surface area contributed by atoms with Gasteiger partial charge in [0.25, 0.3) is 0 Å². The number of rotatable bonds is 3. The van der Waals surface area contributed by atoms with Crippen molar-refractivity contribution >= 4 is 5.91 Å². The zero-order chi connectivity index (χ0) is 13.8. The van der Waals surface area contributed by atoms with Crippen molar-refractivity contribution in [3.05, 3.63) is 35.4 Å². The Balaban J connectivity index is 2.04. The summed E-state index contributed by atoms with van der Waals surface area (Å²) in [5, 5.41) is 0. The van der Waals surface area contributed by atoms with Crippen molar-refractivity contribution in [1.82, 2.24) is 4.90 Å². The standard InChI is InChI=1S/C16H24N2O/c1-12-5-7-14(8-6-12)10-16(19)18-9-3-4-13(2)15(18)11-17/h5-8,13,15H,3-4,9-11,17H2,1-2H3. The Kier molecular flexibility index (Phi) is 4.59. The van der Waals surface area contributed by atoms with Crippen molar-refractivity contribution in [3.63, 3.8) is 0 Å². The van der Waals surface area contributed by atoms with Gasteiger partial charge in [-0.05, 0) is 31.2 Å². The number of carbonyl (C=O) groups is 1. The zero-order valence-electron chi connectivity index (χ0n) is 11.9. The van der Waals surface area contributed by atoms with E-state index in [2.05, 4.69) is 26.0 Å². The van der Waals surface area contributed by atoms with Crippen molar-refractivity contribution in [1.29, 1.82) is 0 Å². The molecule has 1 amide bonds. The number of nitrogens with two attached hydrogens (primary N) is 1. The summed E-state index contributed by atoms with van der Waals surface area (Å²) in [5.41, 5.74) is 8.15. The molecular weight excluding hydrogens is 236 g/mol. The van der Waals surface area contributed by atoms with Crippen LogP contribution in [-0.4, -0.2) is 29.9 Å². The fourth-order valence-electron chi connectivity index (χ4n) is 2.90. The van der Waals surface area contributed by atoms with Gasteiger partial charge in [-0.25, -0.2) is 0 Å². The molecule has 104 valence electrons. The lowest BCUT2D eigenvalue weighted by Gasteiger charge is -2.39. The highest BCUT2D eigenvalue weighted by molar-refractivity contribution is 5.79. The largest absolute Gasteiger partial charge is 0.338 e. The Hall–Kier alpha value is -1.35. The maximum atomic E-state index is 12.4. The molecule has 3 nitrogen and oxygen atoms in total. The van der Waals surface area contributed by atoms with Gasteiger partial charge in [0.1, 0.15) is 0 Å². The summed E-state index contributed by atoms with van der Waals surface area (Å²) in [4.78, 5) is 14.4. The molecule has 19 heavy (non-hydrogen) atoms. The van der Waals surface area contributed by atoms with Crippen LogP contribution < -0.4 is 5.73 Å². The van der Waals surface area contributed by atoms with E-state index in [9.17, 15) is 4.79 Å². The highest BCUT2D eigenvalue weighted by atomic mass is 16.2. The molecule has 1 aliphatic rings. The van der Waals surface area contributed by atoms with Gasteiger partial charge < -0.3 is 10.6 Å². The van der Waals surface area contributed by atoms with Gasteiger partial charge >= 0.3 is 0 Å². The van der Waals surface area contributed by atoms with Gasteiger partial charge in [0, 0.05) is 19.1 Å². The third-order valence-electron chi connectivity index (χ3n) is 4.15. The fraction of sp³-hybridized carbons (Fsp3) is 0.562. The van der Waals surface area contributed by atoms with Crippen LogP contribution in [0.15, 0.2) is 24.3 Å². The number of hydrogen-bond acceptors (Lipinski definition) is 2. The summed E-state index contributed by atoms with van der Waals surface area (Å²) >= 11 is 0. The van der Waals surface area contributed by atoms with E-state index in [1.165, 1.54) is 12.0 Å². The summed E-state index contributed by atoms with van der Waals surface area (Å²) in [7, 11) is 0. The second-order valence-electron chi connectivity index (χ2n) is 5.67. The molecule has 1 saturated heterocycles. The zero-order valence-corrected chi connectivity index (χ0v) is 11.9. The van der Waals surface area contributed by atoms with E-state index in [-0.39, 0.29) is 11.9 Å². The minimum Gasteiger partial charge on any atom is -0.338 e. The average Bonchev–Trinajstić information content (AvgIpc) is 2.41.